The van der Waals surface area contributed by atoms with E-state index in [9.17, 15) is 0 Å². The molecule has 0 rings (SSSR count). The lowest BCUT2D eigenvalue weighted by Crippen LogP contribution is -2.32. The second-order valence-corrected chi connectivity index (χ2v) is 4.96. The first kappa shape index (κ1) is 35.8. The highest BCUT2D eigenvalue weighted by molar-refractivity contribution is 8.93. The first-order valence-corrected chi connectivity index (χ1v) is 8.19. The number of rotatable bonds is 15. The van der Waals surface area contributed by atoms with Crippen molar-refractivity contribution in [3.05, 3.63) is 0 Å². The molecule has 0 aliphatic heterocycles. The van der Waals surface area contributed by atoms with E-state index < -0.39 is 0 Å². The van der Waals surface area contributed by atoms with Crippen LogP contribution in [-0.4, -0.2) is 63.8 Å². The van der Waals surface area contributed by atoms with Gasteiger partial charge in [-0.1, -0.05) is 20.8 Å². The minimum atomic E-state index is 0. The Hall–Kier alpha value is 1.76. The molecule has 8 heteroatoms. The van der Waals surface area contributed by atoms with E-state index in [4.69, 9.17) is 0 Å². The van der Waals surface area contributed by atoms with Crippen LogP contribution in [0.15, 0.2) is 0 Å². The Balaban J connectivity index is -0.000000270. The summed E-state index contributed by atoms with van der Waals surface area (Å²) in [4.78, 5) is 2.62. The molecule has 0 saturated heterocycles. The molecule has 0 heterocycles. The van der Waals surface area contributed by atoms with E-state index >= 15 is 0 Å². The molecule has 23 heavy (non-hydrogen) atoms. The first-order valence-electron chi connectivity index (χ1n) is 8.19. The van der Waals surface area contributed by atoms with Crippen molar-refractivity contribution in [2.24, 2.45) is 0 Å². The SMILES string of the molecule is Br.Br.Br.Br.CCNCCCN(CCCNCC)CCCNCC. The van der Waals surface area contributed by atoms with E-state index in [2.05, 4.69) is 41.6 Å². The van der Waals surface area contributed by atoms with E-state index in [1.807, 2.05) is 0 Å². The maximum Gasteiger partial charge on any atom is -0.000662 e. The van der Waals surface area contributed by atoms with Crippen LogP contribution in [-0.2, 0) is 0 Å². The van der Waals surface area contributed by atoms with Crippen LogP contribution < -0.4 is 16.0 Å². The van der Waals surface area contributed by atoms with Gasteiger partial charge in [0, 0.05) is 0 Å². The number of hydrogen-bond acceptors (Lipinski definition) is 4. The Morgan fingerprint density at radius 3 is 1.00 bits per heavy atom. The van der Waals surface area contributed by atoms with Gasteiger partial charge in [-0.2, -0.15) is 0 Å². The Kier molecular flexibility index (Phi) is 49.1. The summed E-state index contributed by atoms with van der Waals surface area (Å²) in [6, 6.07) is 0. The third-order valence-corrected chi connectivity index (χ3v) is 3.23. The molecule has 3 N–H and O–H groups in total. The van der Waals surface area contributed by atoms with Gasteiger partial charge in [-0.25, -0.2) is 0 Å². The zero-order valence-corrected chi connectivity index (χ0v) is 21.9. The molecule has 0 saturated carbocycles. The quantitative estimate of drug-likeness (QED) is 0.253. The van der Waals surface area contributed by atoms with Crippen molar-refractivity contribution in [1.82, 2.24) is 20.9 Å². The van der Waals surface area contributed by atoms with Crippen molar-refractivity contribution in [1.29, 1.82) is 0 Å². The Morgan fingerprint density at radius 1 is 0.522 bits per heavy atom. The summed E-state index contributed by atoms with van der Waals surface area (Å²) in [6.07, 6.45) is 3.78. The van der Waals surface area contributed by atoms with Crippen LogP contribution in [0.25, 0.3) is 0 Å². The van der Waals surface area contributed by atoms with Crippen molar-refractivity contribution >= 4 is 67.9 Å². The lowest BCUT2D eigenvalue weighted by molar-refractivity contribution is 0.261. The summed E-state index contributed by atoms with van der Waals surface area (Å²) in [5, 5.41) is 10.2. The Morgan fingerprint density at radius 2 is 0.783 bits per heavy atom. The lowest BCUT2D eigenvalue weighted by atomic mass is 10.3. The first-order chi connectivity index (χ1) is 9.35. The fourth-order valence-electron chi connectivity index (χ4n) is 2.15. The second kappa shape index (κ2) is 31.5. The highest BCUT2D eigenvalue weighted by Crippen LogP contribution is 1.96. The molecule has 0 spiro atoms. The molecule has 148 valence electrons. The topological polar surface area (TPSA) is 39.3 Å². The molecule has 0 aromatic carbocycles. The molecule has 0 bridgehead atoms. The molecule has 0 atom stereocenters. The molecule has 0 fully saturated rings. The summed E-state index contributed by atoms with van der Waals surface area (Å²) in [5.74, 6) is 0. The molecule has 0 amide bonds. The third-order valence-electron chi connectivity index (χ3n) is 3.23. The molecule has 4 nitrogen and oxygen atoms in total. The van der Waals surface area contributed by atoms with Gasteiger partial charge in [0.1, 0.15) is 0 Å². The minimum absolute atomic E-state index is 0. The van der Waals surface area contributed by atoms with Gasteiger partial charge in [0.05, 0.1) is 0 Å². The van der Waals surface area contributed by atoms with Crippen molar-refractivity contribution in [2.45, 2.75) is 40.0 Å². The Bertz CT molecular complexity index is 151. The van der Waals surface area contributed by atoms with Gasteiger partial charge in [0.15, 0.2) is 0 Å². The van der Waals surface area contributed by atoms with Crippen molar-refractivity contribution in [2.75, 3.05) is 58.9 Å². The van der Waals surface area contributed by atoms with Gasteiger partial charge in [-0.3, -0.25) is 0 Å². The molecule has 0 aliphatic rings. The van der Waals surface area contributed by atoms with Crippen LogP contribution in [0.4, 0.5) is 0 Å². The number of hydrogen-bond donors (Lipinski definition) is 3. The summed E-state index contributed by atoms with van der Waals surface area (Å²) in [6.45, 7) is 16.9. The van der Waals surface area contributed by atoms with Crippen LogP contribution in [0.1, 0.15) is 40.0 Å². The van der Waals surface area contributed by atoms with Crippen molar-refractivity contribution in [3.63, 3.8) is 0 Å². The number of nitrogens with zero attached hydrogens (tertiary/aromatic N) is 1. The highest BCUT2D eigenvalue weighted by Gasteiger charge is 2.03. The predicted octanol–water partition coefficient (Wildman–Crippen LogP) is 3.60. The lowest BCUT2D eigenvalue weighted by Gasteiger charge is -2.22. The van der Waals surface area contributed by atoms with Gasteiger partial charge in [-0.05, 0) is 78.2 Å². The molecule has 0 aromatic heterocycles. The van der Waals surface area contributed by atoms with Gasteiger partial charge < -0.3 is 20.9 Å². The molecule has 0 unspecified atom stereocenters. The summed E-state index contributed by atoms with van der Waals surface area (Å²) in [7, 11) is 0. The monoisotopic (exact) mass is 592 g/mol. The van der Waals surface area contributed by atoms with Crippen LogP contribution >= 0.6 is 67.9 Å². The molecular weight excluding hydrogens is 556 g/mol. The van der Waals surface area contributed by atoms with Gasteiger partial charge >= 0.3 is 0 Å². The zero-order chi connectivity index (χ0) is 14.2. The highest BCUT2D eigenvalue weighted by atomic mass is 79.9. The molecule has 0 aromatic rings. The fourth-order valence-corrected chi connectivity index (χ4v) is 2.15. The number of halogens is 4. The van der Waals surface area contributed by atoms with E-state index in [0.29, 0.717) is 0 Å². The maximum atomic E-state index is 3.41. The maximum absolute atomic E-state index is 3.41. The Labute approximate surface area is 186 Å². The van der Waals surface area contributed by atoms with Crippen molar-refractivity contribution < 1.29 is 0 Å². The van der Waals surface area contributed by atoms with Gasteiger partial charge in [0.2, 0.25) is 0 Å². The molecule has 0 aliphatic carbocycles. The van der Waals surface area contributed by atoms with E-state index in [1.54, 1.807) is 0 Å². The predicted molar refractivity (Wildman–Crippen MR) is 127 cm³/mol. The zero-order valence-electron chi connectivity index (χ0n) is 15.1. The third kappa shape index (κ3) is 28.8. The van der Waals surface area contributed by atoms with Crippen LogP contribution in [0.5, 0.6) is 0 Å². The molecule has 0 radical (unpaired) electrons. The molecular formula is C15H40Br4N4. The van der Waals surface area contributed by atoms with Crippen LogP contribution in [0, 0.1) is 0 Å². The smallest absolute Gasteiger partial charge is 0.000662 e. The summed E-state index contributed by atoms with van der Waals surface area (Å²) in [5.41, 5.74) is 0. The second-order valence-electron chi connectivity index (χ2n) is 4.96. The van der Waals surface area contributed by atoms with Crippen LogP contribution in [0.2, 0.25) is 0 Å². The summed E-state index contributed by atoms with van der Waals surface area (Å²) < 4.78 is 0. The fraction of sp³-hybridized carbons (Fsp3) is 1.00. The minimum Gasteiger partial charge on any atom is -0.317 e. The average molecular weight is 596 g/mol. The van der Waals surface area contributed by atoms with Crippen molar-refractivity contribution in [3.8, 4) is 0 Å². The normalized spacial score (nSPS) is 9.39. The van der Waals surface area contributed by atoms with Gasteiger partial charge in [-0.15, -0.1) is 67.9 Å². The van der Waals surface area contributed by atoms with Gasteiger partial charge in [0.25, 0.3) is 0 Å². The standard InChI is InChI=1S/C15H36N4.4BrH/c1-4-16-10-7-13-19(14-8-11-17-5-2)15-9-12-18-6-3;;;;/h16-18H,4-15H2,1-3H3;4*1H. The number of nitrogens with one attached hydrogen (secondary N) is 3. The van der Waals surface area contributed by atoms with Crippen LogP contribution in [0.3, 0.4) is 0 Å². The van der Waals surface area contributed by atoms with E-state index in [0.717, 1.165) is 39.3 Å². The van der Waals surface area contributed by atoms with E-state index in [-0.39, 0.29) is 67.9 Å². The largest absolute Gasteiger partial charge is 0.317 e. The average Bonchev–Trinajstić information content (AvgIpc) is 2.43. The summed E-state index contributed by atoms with van der Waals surface area (Å²) >= 11 is 0. The van der Waals surface area contributed by atoms with E-state index in [1.165, 1.54) is 38.9 Å².